The molecule has 1 aliphatic heterocycles. The SMILES string of the molecule is C#C[C@]1(COC(=O)OCC23CC4CC(CC(C4)C2)C3)O[C@@H](n2cnc3c(N)nc(C)nc32)C[C@@H]1O. The van der Waals surface area contributed by atoms with Gasteiger partial charge in [-0.25, -0.2) is 19.7 Å². The summed E-state index contributed by atoms with van der Waals surface area (Å²) in [7, 11) is 0. The van der Waals surface area contributed by atoms with E-state index in [1.54, 1.807) is 11.5 Å². The van der Waals surface area contributed by atoms with E-state index in [2.05, 4.69) is 20.9 Å². The maximum atomic E-state index is 12.5. The van der Waals surface area contributed by atoms with Gasteiger partial charge in [0.1, 0.15) is 36.9 Å². The number of nitrogens with two attached hydrogens (primary N) is 1. The average Bonchev–Trinajstić information content (AvgIpc) is 3.37. The molecule has 0 amide bonds. The highest BCUT2D eigenvalue weighted by Crippen LogP contribution is 2.60. The molecule has 3 atom stereocenters. The van der Waals surface area contributed by atoms with Crippen LogP contribution in [0.4, 0.5) is 10.6 Å². The number of nitrogen functional groups attached to an aromatic ring is 1. The minimum Gasteiger partial charge on any atom is -0.434 e. The van der Waals surface area contributed by atoms with Crippen LogP contribution in [0.1, 0.15) is 57.0 Å². The lowest BCUT2D eigenvalue weighted by Gasteiger charge is -2.56. The van der Waals surface area contributed by atoms with Crippen molar-refractivity contribution in [1.82, 2.24) is 19.5 Å². The van der Waals surface area contributed by atoms with Crippen molar-refractivity contribution in [3.63, 3.8) is 0 Å². The Bertz CT molecular complexity index is 1170. The largest absolute Gasteiger partial charge is 0.508 e. The van der Waals surface area contributed by atoms with Gasteiger partial charge in [-0.05, 0) is 63.2 Å². The number of terminal acetylenes is 1. The topological polar surface area (TPSA) is 135 Å². The van der Waals surface area contributed by atoms with Crippen molar-refractivity contribution in [3.8, 4) is 12.3 Å². The number of nitrogens with zero attached hydrogens (tertiary/aromatic N) is 4. The Morgan fingerprint density at radius 2 is 1.86 bits per heavy atom. The molecular formula is C25H31N5O5. The minimum absolute atomic E-state index is 0.0936. The molecule has 5 aliphatic rings. The summed E-state index contributed by atoms with van der Waals surface area (Å²) in [6.45, 7) is 1.79. The first kappa shape index (κ1) is 22.6. The van der Waals surface area contributed by atoms with Crippen molar-refractivity contribution in [1.29, 1.82) is 0 Å². The summed E-state index contributed by atoms with van der Waals surface area (Å²) in [4.78, 5) is 25.3. The van der Waals surface area contributed by atoms with Gasteiger partial charge in [0.05, 0.1) is 6.33 Å². The number of hydrogen-bond acceptors (Lipinski definition) is 9. The molecule has 0 spiro atoms. The number of carbonyl (C=O) groups is 1. The third-order valence-corrected chi connectivity index (χ3v) is 8.49. The van der Waals surface area contributed by atoms with Gasteiger partial charge in [0.2, 0.25) is 0 Å². The average molecular weight is 482 g/mol. The summed E-state index contributed by atoms with van der Waals surface area (Å²) >= 11 is 0. The van der Waals surface area contributed by atoms with Crippen LogP contribution in [-0.4, -0.2) is 55.7 Å². The Kier molecular flexibility index (Phi) is 5.20. The Morgan fingerprint density at radius 1 is 1.20 bits per heavy atom. The van der Waals surface area contributed by atoms with E-state index in [-0.39, 0.29) is 24.3 Å². The number of aliphatic hydroxyl groups is 1. The Hall–Kier alpha value is -2.90. The quantitative estimate of drug-likeness (QED) is 0.488. The van der Waals surface area contributed by atoms with Crippen LogP contribution in [0.3, 0.4) is 0 Å². The summed E-state index contributed by atoms with van der Waals surface area (Å²) < 4.78 is 18.7. The van der Waals surface area contributed by atoms with Crippen LogP contribution in [0.15, 0.2) is 6.33 Å². The van der Waals surface area contributed by atoms with E-state index < -0.39 is 24.1 Å². The molecule has 3 N–H and O–H groups in total. The van der Waals surface area contributed by atoms with E-state index in [1.807, 2.05) is 0 Å². The molecule has 4 saturated carbocycles. The van der Waals surface area contributed by atoms with E-state index in [4.69, 9.17) is 26.4 Å². The van der Waals surface area contributed by atoms with E-state index >= 15 is 0 Å². The van der Waals surface area contributed by atoms with E-state index in [0.717, 1.165) is 37.0 Å². The molecule has 4 aliphatic carbocycles. The molecule has 5 fully saturated rings. The van der Waals surface area contributed by atoms with Crippen LogP contribution in [0, 0.1) is 42.4 Å². The molecule has 4 bridgehead atoms. The van der Waals surface area contributed by atoms with Crippen LogP contribution < -0.4 is 5.73 Å². The lowest BCUT2D eigenvalue weighted by Crippen LogP contribution is -2.48. The van der Waals surface area contributed by atoms with E-state index in [1.165, 1.54) is 25.6 Å². The van der Waals surface area contributed by atoms with Gasteiger partial charge in [0.15, 0.2) is 17.1 Å². The molecular weight excluding hydrogens is 450 g/mol. The highest BCUT2D eigenvalue weighted by atomic mass is 16.7. The number of anilines is 1. The third kappa shape index (κ3) is 3.81. The zero-order valence-corrected chi connectivity index (χ0v) is 19.9. The molecule has 0 unspecified atom stereocenters. The van der Waals surface area contributed by atoms with Gasteiger partial charge in [-0.1, -0.05) is 5.92 Å². The molecule has 10 heteroatoms. The molecule has 1 saturated heterocycles. The predicted molar refractivity (Wildman–Crippen MR) is 125 cm³/mol. The van der Waals surface area contributed by atoms with Crippen LogP contribution in [0.25, 0.3) is 11.2 Å². The van der Waals surface area contributed by atoms with Crippen molar-refractivity contribution in [2.24, 2.45) is 23.2 Å². The van der Waals surface area contributed by atoms with Crippen molar-refractivity contribution in [2.75, 3.05) is 18.9 Å². The first-order valence-corrected chi connectivity index (χ1v) is 12.4. The fraction of sp³-hybridized carbons (Fsp3) is 0.680. The number of carbonyl (C=O) groups excluding carboxylic acids is 1. The maximum Gasteiger partial charge on any atom is 0.508 e. The first-order chi connectivity index (χ1) is 16.8. The molecule has 7 rings (SSSR count). The van der Waals surface area contributed by atoms with E-state index in [9.17, 15) is 9.90 Å². The highest BCUT2D eigenvalue weighted by Gasteiger charge is 2.52. The van der Waals surface area contributed by atoms with Gasteiger partial charge in [-0.3, -0.25) is 4.57 Å². The second kappa shape index (κ2) is 8.07. The number of fused-ring (bicyclic) bond motifs is 1. The van der Waals surface area contributed by atoms with Crippen LogP contribution in [-0.2, 0) is 14.2 Å². The first-order valence-electron chi connectivity index (χ1n) is 12.4. The molecule has 186 valence electrons. The Morgan fingerprint density at radius 3 is 2.51 bits per heavy atom. The van der Waals surface area contributed by atoms with Gasteiger partial charge in [0, 0.05) is 11.8 Å². The number of ether oxygens (including phenoxy) is 3. The van der Waals surface area contributed by atoms with Crippen molar-refractivity contribution in [3.05, 3.63) is 12.2 Å². The second-order valence-electron chi connectivity index (χ2n) is 11.1. The van der Waals surface area contributed by atoms with Gasteiger partial charge >= 0.3 is 6.16 Å². The number of rotatable bonds is 5. The number of hydrogen-bond donors (Lipinski definition) is 2. The highest BCUT2D eigenvalue weighted by molar-refractivity contribution is 5.81. The molecule has 0 radical (unpaired) electrons. The monoisotopic (exact) mass is 481 g/mol. The number of aryl methyl sites for hydroxylation is 1. The minimum atomic E-state index is -1.51. The lowest BCUT2D eigenvalue weighted by molar-refractivity contribution is -0.111. The predicted octanol–water partition coefficient (Wildman–Crippen LogP) is 2.74. The van der Waals surface area contributed by atoms with Crippen molar-refractivity contribution < 1.29 is 24.1 Å². The standard InChI is InChI=1S/C25H31N5O5/c1-3-25(12-34-23(32)33-11-24-8-15-4-16(9-24)6-17(5-15)10-24)18(31)7-19(35-25)30-13-27-20-21(26)28-14(2)29-22(20)30/h1,13,15-19,31H,4-12H2,2H3,(H2,26,28,29)/t15?,16?,17?,18-,19+,24?,25+/m0/s1. The Balaban J connectivity index is 1.10. The van der Waals surface area contributed by atoms with Gasteiger partial charge < -0.3 is 25.1 Å². The zero-order valence-electron chi connectivity index (χ0n) is 19.9. The van der Waals surface area contributed by atoms with Gasteiger partial charge in [0.25, 0.3) is 0 Å². The van der Waals surface area contributed by atoms with Crippen molar-refractivity contribution >= 4 is 23.1 Å². The molecule has 2 aromatic rings. The normalized spacial score (nSPS) is 37.5. The zero-order chi connectivity index (χ0) is 24.4. The molecule has 10 nitrogen and oxygen atoms in total. The fourth-order valence-corrected chi connectivity index (χ4v) is 7.37. The van der Waals surface area contributed by atoms with Gasteiger partial charge in [-0.15, -0.1) is 6.42 Å². The molecule has 3 heterocycles. The summed E-state index contributed by atoms with van der Waals surface area (Å²) in [6, 6.07) is 0. The summed E-state index contributed by atoms with van der Waals surface area (Å²) in [5.41, 5.74) is 5.47. The second-order valence-corrected chi connectivity index (χ2v) is 11.1. The molecule has 35 heavy (non-hydrogen) atoms. The fourth-order valence-electron chi connectivity index (χ4n) is 7.37. The third-order valence-electron chi connectivity index (χ3n) is 8.49. The maximum absolute atomic E-state index is 12.5. The van der Waals surface area contributed by atoms with Crippen molar-refractivity contribution in [2.45, 2.75) is 69.8 Å². The smallest absolute Gasteiger partial charge is 0.434 e. The van der Waals surface area contributed by atoms with Crippen LogP contribution in [0.5, 0.6) is 0 Å². The van der Waals surface area contributed by atoms with E-state index in [0.29, 0.717) is 23.6 Å². The number of aliphatic hydroxyl groups excluding tert-OH is 1. The number of imidazole rings is 1. The van der Waals surface area contributed by atoms with Crippen LogP contribution in [0.2, 0.25) is 0 Å². The van der Waals surface area contributed by atoms with Crippen LogP contribution >= 0.6 is 0 Å². The summed E-state index contributed by atoms with van der Waals surface area (Å²) in [6.07, 6.45) is 12.3. The number of aromatic nitrogens is 4. The lowest BCUT2D eigenvalue weighted by atomic mass is 9.50. The van der Waals surface area contributed by atoms with Gasteiger partial charge in [-0.2, -0.15) is 0 Å². The molecule has 2 aromatic heterocycles. The molecule has 0 aromatic carbocycles. The Labute approximate surface area is 203 Å². The summed E-state index contributed by atoms with van der Waals surface area (Å²) in [5, 5.41) is 10.8. The summed E-state index contributed by atoms with van der Waals surface area (Å²) in [5.74, 6) is 5.57.